The summed E-state index contributed by atoms with van der Waals surface area (Å²) < 4.78 is 11.4. The zero-order valence-electron chi connectivity index (χ0n) is 17.0. The summed E-state index contributed by atoms with van der Waals surface area (Å²) in [6.45, 7) is 0.445. The van der Waals surface area contributed by atoms with Crippen molar-refractivity contribution in [2.75, 3.05) is 11.9 Å². The number of nitrogens with one attached hydrogen (secondary N) is 1. The first kappa shape index (κ1) is 20.2. The van der Waals surface area contributed by atoms with Crippen molar-refractivity contribution in [1.82, 2.24) is 0 Å². The molecule has 4 rings (SSSR count). The highest BCUT2D eigenvalue weighted by molar-refractivity contribution is 5.91. The molecule has 0 saturated heterocycles. The van der Waals surface area contributed by atoms with Crippen LogP contribution in [0.15, 0.2) is 109 Å². The lowest BCUT2D eigenvalue weighted by Gasteiger charge is -2.10. The highest BCUT2D eigenvalue weighted by Crippen LogP contribution is 2.22. The zero-order chi connectivity index (χ0) is 21.3. The van der Waals surface area contributed by atoms with E-state index in [9.17, 15) is 4.79 Å². The lowest BCUT2D eigenvalue weighted by atomic mass is 10.1. The van der Waals surface area contributed by atoms with Gasteiger partial charge in [0.15, 0.2) is 6.61 Å². The summed E-state index contributed by atoms with van der Waals surface area (Å²) >= 11 is 0. The monoisotopic (exact) mass is 409 g/mol. The quantitative estimate of drug-likeness (QED) is 0.391. The minimum atomic E-state index is -0.218. The molecule has 0 atom stereocenters. The topological polar surface area (TPSA) is 47.6 Å². The second kappa shape index (κ2) is 10.1. The van der Waals surface area contributed by atoms with Crippen molar-refractivity contribution in [2.45, 2.75) is 6.61 Å². The fraction of sp³-hybridized carbons (Fsp3) is 0.0741. The number of hydrogen-bond donors (Lipinski definition) is 1. The average Bonchev–Trinajstić information content (AvgIpc) is 2.84. The van der Waals surface area contributed by atoms with Crippen molar-refractivity contribution in [3.05, 3.63) is 115 Å². The minimum absolute atomic E-state index is 0.0586. The first-order valence-electron chi connectivity index (χ1n) is 10.1. The SMILES string of the molecule is O=C(COc1ccc(-c2ccccc2)cc1)Nc1ccc(OCc2ccccc2)cc1. The number of rotatable bonds is 8. The molecule has 0 spiro atoms. The van der Waals surface area contributed by atoms with Gasteiger partial charge in [0.2, 0.25) is 0 Å². The molecule has 4 aromatic carbocycles. The van der Waals surface area contributed by atoms with Gasteiger partial charge in [0.05, 0.1) is 0 Å². The molecule has 0 aromatic heterocycles. The molecule has 1 amide bonds. The van der Waals surface area contributed by atoms with Crippen LogP contribution in [0.1, 0.15) is 5.56 Å². The van der Waals surface area contributed by atoms with E-state index in [4.69, 9.17) is 9.47 Å². The molecule has 154 valence electrons. The van der Waals surface area contributed by atoms with Crippen LogP contribution in [0.5, 0.6) is 11.5 Å². The summed E-state index contributed by atoms with van der Waals surface area (Å²) in [6.07, 6.45) is 0. The van der Waals surface area contributed by atoms with E-state index >= 15 is 0 Å². The standard InChI is InChI=1S/C27H23NO3/c29-27(20-31-25-15-11-23(12-16-25)22-9-5-2-6-10-22)28-24-13-17-26(18-14-24)30-19-21-7-3-1-4-8-21/h1-18H,19-20H2,(H,28,29). The molecule has 31 heavy (non-hydrogen) atoms. The Hall–Kier alpha value is -4.05. The van der Waals surface area contributed by atoms with Gasteiger partial charge in [-0.05, 0) is 53.1 Å². The van der Waals surface area contributed by atoms with Crippen LogP contribution in [-0.4, -0.2) is 12.5 Å². The first-order chi connectivity index (χ1) is 15.3. The number of amides is 1. The molecule has 4 nitrogen and oxygen atoms in total. The van der Waals surface area contributed by atoms with Gasteiger partial charge < -0.3 is 14.8 Å². The van der Waals surface area contributed by atoms with E-state index in [1.54, 1.807) is 0 Å². The number of ether oxygens (including phenoxy) is 2. The van der Waals surface area contributed by atoms with Gasteiger partial charge in [-0.15, -0.1) is 0 Å². The fourth-order valence-corrected chi connectivity index (χ4v) is 3.10. The van der Waals surface area contributed by atoms with Crippen molar-refractivity contribution in [2.24, 2.45) is 0 Å². The number of carbonyl (C=O) groups is 1. The van der Waals surface area contributed by atoms with Crippen molar-refractivity contribution >= 4 is 11.6 Å². The van der Waals surface area contributed by atoms with E-state index in [-0.39, 0.29) is 12.5 Å². The molecular weight excluding hydrogens is 386 g/mol. The molecule has 0 heterocycles. The van der Waals surface area contributed by atoms with Gasteiger partial charge in [-0.3, -0.25) is 4.79 Å². The van der Waals surface area contributed by atoms with Gasteiger partial charge in [-0.2, -0.15) is 0 Å². The molecule has 1 N–H and O–H groups in total. The van der Waals surface area contributed by atoms with E-state index in [1.165, 1.54) is 0 Å². The Morgan fingerprint density at radius 2 is 1.16 bits per heavy atom. The first-order valence-corrected chi connectivity index (χ1v) is 10.1. The number of anilines is 1. The number of benzene rings is 4. The Balaban J connectivity index is 1.24. The average molecular weight is 409 g/mol. The summed E-state index contributed by atoms with van der Waals surface area (Å²) in [5.41, 5.74) is 4.05. The fourth-order valence-electron chi connectivity index (χ4n) is 3.10. The largest absolute Gasteiger partial charge is 0.489 e. The molecule has 4 heteroatoms. The predicted molar refractivity (Wildman–Crippen MR) is 123 cm³/mol. The van der Waals surface area contributed by atoms with Crippen LogP contribution in [-0.2, 0) is 11.4 Å². The van der Waals surface area contributed by atoms with Crippen LogP contribution in [0, 0.1) is 0 Å². The minimum Gasteiger partial charge on any atom is -0.489 e. The van der Waals surface area contributed by atoms with Gasteiger partial charge >= 0.3 is 0 Å². The summed E-state index contributed by atoms with van der Waals surface area (Å²) in [5.74, 6) is 1.18. The predicted octanol–water partition coefficient (Wildman–Crippen LogP) is 5.95. The van der Waals surface area contributed by atoms with Crippen LogP contribution >= 0.6 is 0 Å². The van der Waals surface area contributed by atoms with Gasteiger partial charge in [-0.1, -0.05) is 72.8 Å². The summed E-state index contributed by atoms with van der Waals surface area (Å²) in [6, 6.07) is 35.1. The maximum Gasteiger partial charge on any atom is 0.262 e. The van der Waals surface area contributed by atoms with Gasteiger partial charge in [0, 0.05) is 5.69 Å². The zero-order valence-corrected chi connectivity index (χ0v) is 17.0. The molecule has 0 aliphatic heterocycles. The summed E-state index contributed by atoms with van der Waals surface area (Å²) in [7, 11) is 0. The van der Waals surface area contributed by atoms with E-state index in [0.29, 0.717) is 18.0 Å². The van der Waals surface area contributed by atoms with Gasteiger partial charge in [-0.25, -0.2) is 0 Å². The third-order valence-corrected chi connectivity index (χ3v) is 4.72. The molecule has 0 aliphatic carbocycles. The van der Waals surface area contributed by atoms with Crippen LogP contribution in [0.3, 0.4) is 0 Å². The summed E-state index contributed by atoms with van der Waals surface area (Å²) in [4.78, 5) is 12.2. The molecule has 0 fully saturated rings. The third kappa shape index (κ3) is 5.97. The van der Waals surface area contributed by atoms with Crippen LogP contribution in [0.25, 0.3) is 11.1 Å². The van der Waals surface area contributed by atoms with E-state index < -0.39 is 0 Å². The Bertz CT molecular complexity index is 1090. The highest BCUT2D eigenvalue weighted by atomic mass is 16.5. The Morgan fingerprint density at radius 1 is 0.613 bits per heavy atom. The van der Waals surface area contributed by atoms with E-state index in [2.05, 4.69) is 17.4 Å². The smallest absolute Gasteiger partial charge is 0.262 e. The normalized spacial score (nSPS) is 10.3. The third-order valence-electron chi connectivity index (χ3n) is 4.72. The number of carbonyl (C=O) groups excluding carboxylic acids is 1. The van der Waals surface area contributed by atoms with E-state index in [0.717, 1.165) is 22.4 Å². The lowest BCUT2D eigenvalue weighted by molar-refractivity contribution is -0.118. The maximum atomic E-state index is 12.2. The van der Waals surface area contributed by atoms with E-state index in [1.807, 2.05) is 97.1 Å². The van der Waals surface area contributed by atoms with Gasteiger partial charge in [0.25, 0.3) is 5.91 Å². The second-order valence-electron chi connectivity index (χ2n) is 7.03. The Morgan fingerprint density at radius 3 is 1.84 bits per heavy atom. The molecule has 0 bridgehead atoms. The Labute approximate surface area is 182 Å². The van der Waals surface area contributed by atoms with Crippen molar-refractivity contribution in [3.8, 4) is 22.6 Å². The number of hydrogen-bond acceptors (Lipinski definition) is 3. The van der Waals surface area contributed by atoms with Crippen molar-refractivity contribution < 1.29 is 14.3 Å². The lowest BCUT2D eigenvalue weighted by Crippen LogP contribution is -2.20. The van der Waals surface area contributed by atoms with Crippen molar-refractivity contribution in [3.63, 3.8) is 0 Å². The van der Waals surface area contributed by atoms with Crippen LogP contribution < -0.4 is 14.8 Å². The molecule has 0 radical (unpaired) electrons. The molecule has 4 aromatic rings. The summed E-state index contributed by atoms with van der Waals surface area (Å²) in [5, 5.41) is 2.83. The highest BCUT2D eigenvalue weighted by Gasteiger charge is 2.05. The molecule has 0 saturated carbocycles. The molecule has 0 aliphatic rings. The second-order valence-corrected chi connectivity index (χ2v) is 7.03. The maximum absolute atomic E-state index is 12.2. The van der Waals surface area contributed by atoms with Crippen molar-refractivity contribution in [1.29, 1.82) is 0 Å². The molecular formula is C27H23NO3. The molecule has 0 unspecified atom stereocenters. The Kier molecular flexibility index (Phi) is 6.61. The van der Waals surface area contributed by atoms with Crippen LogP contribution in [0.4, 0.5) is 5.69 Å². The van der Waals surface area contributed by atoms with Gasteiger partial charge in [0.1, 0.15) is 18.1 Å². The van der Waals surface area contributed by atoms with Crippen LogP contribution in [0.2, 0.25) is 0 Å².